The minimum Gasteiger partial charge on any atom is -0.444 e. The van der Waals surface area contributed by atoms with Gasteiger partial charge in [-0.25, -0.2) is 9.59 Å². The highest BCUT2D eigenvalue weighted by atomic mass is 79.9. The van der Waals surface area contributed by atoms with Crippen molar-refractivity contribution in [2.45, 2.75) is 38.9 Å². The summed E-state index contributed by atoms with van der Waals surface area (Å²) in [5.41, 5.74) is 0.393. The molecule has 152 valence electrons. The lowest BCUT2D eigenvalue weighted by atomic mass is 10.1. The summed E-state index contributed by atoms with van der Waals surface area (Å²) in [4.78, 5) is 24.2. The smallest absolute Gasteiger partial charge is 0.412 e. The van der Waals surface area contributed by atoms with Gasteiger partial charge in [-0.05, 0) is 64.3 Å². The van der Waals surface area contributed by atoms with Gasteiger partial charge in [-0.2, -0.15) is 0 Å². The normalized spacial score (nSPS) is 12.2. The number of benzene rings is 1. The molecule has 1 aromatic heterocycles. The topological polar surface area (TPSA) is 76.7 Å². The average molecular weight is 534 g/mol. The zero-order valence-electron chi connectivity index (χ0n) is 15.8. The van der Waals surface area contributed by atoms with Gasteiger partial charge in [0.1, 0.15) is 11.7 Å². The van der Waals surface area contributed by atoms with E-state index in [1.54, 1.807) is 26.8 Å². The molecular weight excluding hydrogens is 512 g/mol. The van der Waals surface area contributed by atoms with Crippen LogP contribution >= 0.6 is 43.2 Å². The lowest BCUT2D eigenvalue weighted by Crippen LogP contribution is -2.39. The van der Waals surface area contributed by atoms with Crippen molar-refractivity contribution in [3.8, 4) is 0 Å². The van der Waals surface area contributed by atoms with Crippen LogP contribution < -0.4 is 10.6 Å². The molecule has 0 aliphatic rings. The fourth-order valence-electron chi connectivity index (χ4n) is 2.23. The number of nitrogens with one attached hydrogen (secondary N) is 2. The molecule has 1 heterocycles. The van der Waals surface area contributed by atoms with Crippen LogP contribution in [0.3, 0.4) is 0 Å². The van der Waals surface area contributed by atoms with Crippen LogP contribution in [0.25, 0.3) is 0 Å². The summed E-state index contributed by atoms with van der Waals surface area (Å²) in [5, 5.41) is 6.00. The quantitative estimate of drug-likeness (QED) is 0.480. The number of halogens is 2. The van der Waals surface area contributed by atoms with Crippen LogP contribution in [0, 0.1) is 0 Å². The molecule has 2 rings (SSSR count). The first-order valence-electron chi connectivity index (χ1n) is 8.55. The lowest BCUT2D eigenvalue weighted by molar-refractivity contribution is 0.0476. The van der Waals surface area contributed by atoms with Gasteiger partial charge in [-0.3, -0.25) is 5.32 Å². The predicted molar refractivity (Wildman–Crippen MR) is 118 cm³/mol. The average Bonchev–Trinajstić information content (AvgIpc) is 2.89. The van der Waals surface area contributed by atoms with Crippen LogP contribution in [0.2, 0.25) is 0 Å². The number of anilines is 1. The Balaban J connectivity index is 1.98. The van der Waals surface area contributed by atoms with Crippen molar-refractivity contribution in [3.05, 3.63) is 50.2 Å². The molecule has 2 amide bonds. The van der Waals surface area contributed by atoms with Crippen molar-refractivity contribution in [2.75, 3.05) is 11.9 Å². The Morgan fingerprint density at radius 3 is 2.39 bits per heavy atom. The highest BCUT2D eigenvalue weighted by Gasteiger charge is 2.20. The van der Waals surface area contributed by atoms with E-state index in [0.717, 1.165) is 13.8 Å². The van der Waals surface area contributed by atoms with Gasteiger partial charge in [0.15, 0.2) is 0 Å². The molecule has 0 radical (unpaired) electrons. The Morgan fingerprint density at radius 1 is 1.14 bits per heavy atom. The second-order valence-electron chi connectivity index (χ2n) is 6.96. The molecule has 2 N–H and O–H groups in total. The molecule has 1 atom stereocenters. The van der Waals surface area contributed by atoms with Gasteiger partial charge < -0.3 is 14.8 Å². The minimum atomic E-state index is -0.600. The molecule has 0 saturated carbocycles. The maximum absolute atomic E-state index is 12.3. The molecule has 1 unspecified atom stereocenters. The summed E-state index contributed by atoms with van der Waals surface area (Å²) in [6, 6.07) is 11.4. The summed E-state index contributed by atoms with van der Waals surface area (Å²) in [5.74, 6) is 0. The fourth-order valence-corrected chi connectivity index (χ4v) is 4.15. The van der Waals surface area contributed by atoms with Crippen molar-refractivity contribution < 1.29 is 19.1 Å². The summed E-state index contributed by atoms with van der Waals surface area (Å²) >= 11 is 8.13. The first-order valence-corrected chi connectivity index (χ1v) is 11.0. The van der Waals surface area contributed by atoms with E-state index < -0.39 is 23.9 Å². The summed E-state index contributed by atoms with van der Waals surface area (Å²) < 4.78 is 12.5. The van der Waals surface area contributed by atoms with E-state index in [0.29, 0.717) is 11.4 Å². The Bertz CT molecular complexity index is 787. The van der Waals surface area contributed by atoms with Gasteiger partial charge in [0, 0.05) is 10.9 Å². The molecule has 28 heavy (non-hydrogen) atoms. The van der Waals surface area contributed by atoms with E-state index in [2.05, 4.69) is 42.5 Å². The van der Waals surface area contributed by atoms with Crippen molar-refractivity contribution in [1.82, 2.24) is 5.32 Å². The first kappa shape index (κ1) is 22.7. The number of hydrogen-bond acceptors (Lipinski definition) is 5. The number of alkyl carbamates (subject to hydrolysis) is 1. The zero-order valence-corrected chi connectivity index (χ0v) is 19.7. The van der Waals surface area contributed by atoms with Gasteiger partial charge in [0.05, 0.1) is 15.3 Å². The minimum absolute atomic E-state index is 0.134. The van der Waals surface area contributed by atoms with Crippen molar-refractivity contribution >= 4 is 60.4 Å². The van der Waals surface area contributed by atoms with Crippen molar-refractivity contribution in [3.63, 3.8) is 0 Å². The SMILES string of the molecule is CC(C)(C)OC(=O)NCC(Cc1ccccc1)OC(=O)Nc1cc(Br)c(Br)s1. The number of hydrogen-bond donors (Lipinski definition) is 2. The second kappa shape index (κ2) is 10.3. The third-order valence-corrected chi connectivity index (χ3v) is 6.49. The largest absolute Gasteiger partial charge is 0.444 e. The highest BCUT2D eigenvalue weighted by molar-refractivity contribution is 9.13. The van der Waals surface area contributed by atoms with Crippen LogP contribution in [-0.4, -0.2) is 30.4 Å². The van der Waals surface area contributed by atoms with E-state index in [9.17, 15) is 9.59 Å². The Morgan fingerprint density at radius 2 is 1.82 bits per heavy atom. The standard InChI is InChI=1S/C19H22Br2N2O4S/c1-19(2,3)27-17(24)22-11-13(9-12-7-5-4-6-8-12)26-18(25)23-15-10-14(20)16(21)28-15/h4-8,10,13H,9,11H2,1-3H3,(H,22,24)(H,23,25). The number of amides is 2. The molecule has 0 aliphatic carbocycles. The van der Waals surface area contributed by atoms with Gasteiger partial charge >= 0.3 is 12.2 Å². The van der Waals surface area contributed by atoms with Crippen molar-refractivity contribution in [2.24, 2.45) is 0 Å². The van der Waals surface area contributed by atoms with Crippen LogP contribution in [0.4, 0.5) is 14.6 Å². The van der Waals surface area contributed by atoms with E-state index >= 15 is 0 Å². The van der Waals surface area contributed by atoms with E-state index in [1.807, 2.05) is 30.3 Å². The van der Waals surface area contributed by atoms with Crippen LogP contribution in [-0.2, 0) is 15.9 Å². The van der Waals surface area contributed by atoms with Crippen LogP contribution in [0.15, 0.2) is 44.7 Å². The van der Waals surface area contributed by atoms with E-state index in [-0.39, 0.29) is 6.54 Å². The number of ether oxygens (including phenoxy) is 2. The maximum atomic E-state index is 12.3. The molecule has 0 spiro atoms. The molecular formula is C19H22Br2N2O4S. The highest BCUT2D eigenvalue weighted by Crippen LogP contribution is 2.35. The summed E-state index contributed by atoms with van der Waals surface area (Å²) in [6.07, 6.45) is -1.24. The lowest BCUT2D eigenvalue weighted by Gasteiger charge is -2.22. The van der Waals surface area contributed by atoms with Crippen LogP contribution in [0.5, 0.6) is 0 Å². The van der Waals surface area contributed by atoms with Gasteiger partial charge in [0.25, 0.3) is 0 Å². The summed E-state index contributed by atoms with van der Waals surface area (Å²) in [7, 11) is 0. The molecule has 0 saturated heterocycles. The van der Waals surface area contributed by atoms with E-state index in [4.69, 9.17) is 9.47 Å². The second-order valence-corrected chi connectivity index (χ2v) is 10.2. The molecule has 1 aromatic carbocycles. The molecule has 0 fully saturated rings. The zero-order chi connectivity index (χ0) is 20.7. The number of carbonyl (C=O) groups is 2. The number of rotatable bonds is 6. The third-order valence-electron chi connectivity index (χ3n) is 3.32. The van der Waals surface area contributed by atoms with Crippen LogP contribution in [0.1, 0.15) is 26.3 Å². The Hall–Kier alpha value is -1.58. The molecule has 0 aliphatic heterocycles. The molecule has 0 bridgehead atoms. The number of carbonyl (C=O) groups excluding carboxylic acids is 2. The van der Waals surface area contributed by atoms with Crippen molar-refractivity contribution in [1.29, 1.82) is 0 Å². The molecule has 2 aromatic rings. The predicted octanol–water partition coefficient (Wildman–Crippen LogP) is 5.96. The fraction of sp³-hybridized carbons (Fsp3) is 0.368. The summed E-state index contributed by atoms with van der Waals surface area (Å²) in [6.45, 7) is 5.49. The van der Waals surface area contributed by atoms with Gasteiger partial charge in [-0.15, -0.1) is 11.3 Å². The monoisotopic (exact) mass is 532 g/mol. The van der Waals surface area contributed by atoms with E-state index in [1.165, 1.54) is 11.3 Å². The van der Waals surface area contributed by atoms with Gasteiger partial charge in [0.2, 0.25) is 0 Å². The third kappa shape index (κ3) is 8.20. The maximum Gasteiger partial charge on any atom is 0.412 e. The Kier molecular flexibility index (Phi) is 8.33. The van der Waals surface area contributed by atoms with Gasteiger partial charge in [-0.1, -0.05) is 30.3 Å². The molecule has 6 nitrogen and oxygen atoms in total. The molecule has 9 heteroatoms. The Labute approximate surface area is 185 Å². The number of thiophene rings is 1. The first-order chi connectivity index (χ1) is 13.1.